The maximum absolute atomic E-state index is 9.49. The molecule has 0 radical (unpaired) electrons. The molecule has 2 rings (SSSR count). The molecule has 0 spiro atoms. The second-order valence-electron chi connectivity index (χ2n) is 6.84. The highest BCUT2D eigenvalue weighted by atomic mass is 16.3. The zero-order chi connectivity index (χ0) is 14.4. The Kier molecular flexibility index (Phi) is 6.27. The maximum Gasteiger partial charge on any atom is 0.0610 e. The standard InChI is InChI=1S/C16H33N3O/c1-3-17-16(2,14-20)8-4-5-9-18-11-12-19-10-6-7-15(19)13-18/h15,17,20H,3-14H2,1-2H3. The first-order valence-electron chi connectivity index (χ1n) is 8.49. The number of fused-ring (bicyclic) bond motifs is 1. The molecular weight excluding hydrogens is 250 g/mol. The van der Waals surface area contributed by atoms with E-state index in [1.807, 2.05) is 0 Å². The van der Waals surface area contributed by atoms with Gasteiger partial charge in [0.05, 0.1) is 6.61 Å². The maximum atomic E-state index is 9.49. The van der Waals surface area contributed by atoms with Crippen molar-refractivity contribution >= 4 is 0 Å². The molecule has 2 saturated heterocycles. The fourth-order valence-corrected chi connectivity index (χ4v) is 3.76. The summed E-state index contributed by atoms with van der Waals surface area (Å²) in [5.74, 6) is 0. The normalized spacial score (nSPS) is 27.4. The first-order valence-corrected chi connectivity index (χ1v) is 8.49. The Morgan fingerprint density at radius 1 is 1.25 bits per heavy atom. The summed E-state index contributed by atoms with van der Waals surface area (Å²) < 4.78 is 0. The van der Waals surface area contributed by atoms with Gasteiger partial charge in [-0.2, -0.15) is 0 Å². The Labute approximate surface area is 124 Å². The smallest absolute Gasteiger partial charge is 0.0610 e. The number of unbranched alkanes of at least 4 members (excludes halogenated alkanes) is 1. The Hall–Kier alpha value is -0.160. The zero-order valence-corrected chi connectivity index (χ0v) is 13.4. The van der Waals surface area contributed by atoms with E-state index in [2.05, 4.69) is 29.0 Å². The highest BCUT2D eigenvalue weighted by Gasteiger charge is 2.30. The number of aliphatic hydroxyl groups is 1. The summed E-state index contributed by atoms with van der Waals surface area (Å²) >= 11 is 0. The van der Waals surface area contributed by atoms with Crippen LogP contribution in [0.5, 0.6) is 0 Å². The molecule has 118 valence electrons. The molecule has 4 heteroatoms. The van der Waals surface area contributed by atoms with E-state index >= 15 is 0 Å². The lowest BCUT2D eigenvalue weighted by atomic mass is 9.95. The van der Waals surface area contributed by atoms with E-state index in [1.54, 1.807) is 0 Å². The number of rotatable bonds is 8. The molecule has 0 aliphatic carbocycles. The van der Waals surface area contributed by atoms with Crippen molar-refractivity contribution < 1.29 is 5.11 Å². The Bertz CT molecular complexity index is 287. The highest BCUT2D eigenvalue weighted by Crippen LogP contribution is 2.22. The summed E-state index contributed by atoms with van der Waals surface area (Å²) in [5, 5.41) is 12.9. The Morgan fingerprint density at radius 2 is 2.10 bits per heavy atom. The van der Waals surface area contributed by atoms with E-state index in [4.69, 9.17) is 0 Å². The number of nitrogens with one attached hydrogen (secondary N) is 1. The van der Waals surface area contributed by atoms with Crippen LogP contribution in [0, 0.1) is 0 Å². The average molecular weight is 283 g/mol. The van der Waals surface area contributed by atoms with Gasteiger partial charge in [-0.05, 0) is 52.2 Å². The molecule has 0 aromatic rings. The first kappa shape index (κ1) is 16.2. The molecule has 0 bridgehead atoms. The monoisotopic (exact) mass is 283 g/mol. The molecule has 2 aliphatic heterocycles. The number of hydrogen-bond donors (Lipinski definition) is 2. The minimum Gasteiger partial charge on any atom is -0.394 e. The molecule has 2 atom stereocenters. The first-order chi connectivity index (χ1) is 9.67. The molecule has 2 aliphatic rings. The zero-order valence-electron chi connectivity index (χ0n) is 13.4. The van der Waals surface area contributed by atoms with Crippen LogP contribution in [-0.2, 0) is 0 Å². The summed E-state index contributed by atoms with van der Waals surface area (Å²) in [6, 6.07) is 0.841. The van der Waals surface area contributed by atoms with E-state index in [9.17, 15) is 5.11 Å². The van der Waals surface area contributed by atoms with E-state index in [1.165, 1.54) is 58.4 Å². The van der Waals surface area contributed by atoms with Gasteiger partial charge in [0.25, 0.3) is 0 Å². The fourth-order valence-electron chi connectivity index (χ4n) is 3.76. The number of nitrogens with zero attached hydrogens (tertiary/aromatic N) is 2. The lowest BCUT2D eigenvalue weighted by molar-refractivity contribution is 0.101. The van der Waals surface area contributed by atoms with Gasteiger partial charge in [-0.25, -0.2) is 0 Å². The summed E-state index contributed by atoms with van der Waals surface area (Å²) in [6.45, 7) is 11.8. The number of aliphatic hydroxyl groups excluding tert-OH is 1. The fraction of sp³-hybridized carbons (Fsp3) is 1.00. The van der Waals surface area contributed by atoms with Crippen molar-refractivity contribution in [2.24, 2.45) is 0 Å². The van der Waals surface area contributed by atoms with Crippen molar-refractivity contribution in [3.05, 3.63) is 0 Å². The quantitative estimate of drug-likeness (QED) is 0.659. The van der Waals surface area contributed by atoms with Crippen LogP contribution in [0.15, 0.2) is 0 Å². The van der Waals surface area contributed by atoms with Crippen LogP contribution in [0.4, 0.5) is 0 Å². The van der Waals surface area contributed by atoms with Crippen LogP contribution in [-0.4, -0.2) is 72.4 Å². The topological polar surface area (TPSA) is 38.7 Å². The molecule has 4 nitrogen and oxygen atoms in total. The Balaban J connectivity index is 1.61. The molecule has 2 unspecified atom stereocenters. The predicted molar refractivity (Wildman–Crippen MR) is 84.1 cm³/mol. The molecule has 0 aromatic heterocycles. The Morgan fingerprint density at radius 3 is 2.85 bits per heavy atom. The van der Waals surface area contributed by atoms with Crippen LogP contribution in [0.25, 0.3) is 0 Å². The van der Waals surface area contributed by atoms with Gasteiger partial charge in [-0.1, -0.05) is 13.3 Å². The second-order valence-corrected chi connectivity index (χ2v) is 6.84. The van der Waals surface area contributed by atoms with Gasteiger partial charge in [-0.15, -0.1) is 0 Å². The molecule has 2 heterocycles. The predicted octanol–water partition coefficient (Wildman–Crippen LogP) is 1.30. The summed E-state index contributed by atoms with van der Waals surface area (Å²) in [5.41, 5.74) is -0.0844. The van der Waals surface area contributed by atoms with Crippen molar-refractivity contribution in [3.63, 3.8) is 0 Å². The van der Waals surface area contributed by atoms with Crippen LogP contribution < -0.4 is 5.32 Å². The minimum absolute atomic E-state index is 0.0844. The average Bonchev–Trinajstić information content (AvgIpc) is 2.91. The summed E-state index contributed by atoms with van der Waals surface area (Å²) in [4.78, 5) is 5.32. The van der Waals surface area contributed by atoms with Crippen LogP contribution >= 0.6 is 0 Å². The second kappa shape index (κ2) is 7.74. The number of piperazine rings is 1. The molecule has 0 amide bonds. The summed E-state index contributed by atoms with van der Waals surface area (Å²) in [7, 11) is 0. The van der Waals surface area contributed by atoms with Gasteiger partial charge < -0.3 is 15.3 Å². The van der Waals surface area contributed by atoms with Crippen molar-refractivity contribution in [1.82, 2.24) is 15.1 Å². The minimum atomic E-state index is -0.0844. The molecular formula is C16H33N3O. The van der Waals surface area contributed by atoms with Crippen LogP contribution in [0.3, 0.4) is 0 Å². The lowest BCUT2D eigenvalue weighted by Gasteiger charge is -2.37. The van der Waals surface area contributed by atoms with Crippen LogP contribution in [0.2, 0.25) is 0 Å². The SMILES string of the molecule is CCNC(C)(CO)CCCCN1CCN2CCCC2C1. The largest absolute Gasteiger partial charge is 0.394 e. The van der Waals surface area contributed by atoms with E-state index in [-0.39, 0.29) is 12.1 Å². The van der Waals surface area contributed by atoms with Crippen molar-refractivity contribution in [2.75, 3.05) is 45.9 Å². The van der Waals surface area contributed by atoms with Gasteiger partial charge in [0, 0.05) is 31.2 Å². The molecule has 20 heavy (non-hydrogen) atoms. The van der Waals surface area contributed by atoms with Crippen molar-refractivity contribution in [2.45, 2.75) is 57.5 Å². The van der Waals surface area contributed by atoms with E-state index in [0.29, 0.717) is 0 Å². The van der Waals surface area contributed by atoms with E-state index in [0.717, 1.165) is 19.0 Å². The molecule has 2 N–H and O–H groups in total. The van der Waals surface area contributed by atoms with Gasteiger partial charge in [0.15, 0.2) is 0 Å². The summed E-state index contributed by atoms with van der Waals surface area (Å²) in [6.07, 6.45) is 6.33. The van der Waals surface area contributed by atoms with Crippen LogP contribution in [0.1, 0.15) is 46.0 Å². The molecule has 2 fully saturated rings. The van der Waals surface area contributed by atoms with Gasteiger partial charge in [0.1, 0.15) is 0 Å². The third kappa shape index (κ3) is 4.42. The van der Waals surface area contributed by atoms with Gasteiger partial charge in [0.2, 0.25) is 0 Å². The third-order valence-corrected chi connectivity index (χ3v) is 5.08. The van der Waals surface area contributed by atoms with E-state index < -0.39 is 0 Å². The van der Waals surface area contributed by atoms with Crippen molar-refractivity contribution in [1.29, 1.82) is 0 Å². The highest BCUT2D eigenvalue weighted by molar-refractivity contribution is 4.87. The van der Waals surface area contributed by atoms with Gasteiger partial charge >= 0.3 is 0 Å². The molecule has 0 aromatic carbocycles. The third-order valence-electron chi connectivity index (χ3n) is 5.08. The number of likely N-dealkylation sites (N-methyl/N-ethyl adjacent to an activating group) is 1. The van der Waals surface area contributed by atoms with Gasteiger partial charge in [-0.3, -0.25) is 4.90 Å². The van der Waals surface area contributed by atoms with Crippen molar-refractivity contribution in [3.8, 4) is 0 Å². The number of hydrogen-bond acceptors (Lipinski definition) is 4. The lowest BCUT2D eigenvalue weighted by Crippen LogP contribution is -2.50. The molecule has 0 saturated carbocycles.